The van der Waals surface area contributed by atoms with Gasteiger partial charge in [-0.2, -0.15) is 0 Å². The van der Waals surface area contributed by atoms with Gasteiger partial charge in [0.25, 0.3) is 0 Å². The van der Waals surface area contributed by atoms with Crippen LogP contribution in [0.4, 0.5) is 0 Å². The van der Waals surface area contributed by atoms with E-state index in [1.54, 1.807) is 0 Å². The lowest BCUT2D eigenvalue weighted by molar-refractivity contribution is 0.0694. The van der Waals surface area contributed by atoms with E-state index in [0.29, 0.717) is 19.8 Å². The molecule has 0 atom stereocenters. The fraction of sp³-hybridized carbons (Fsp3) is 1.00. The second kappa shape index (κ2) is 9.92. The van der Waals surface area contributed by atoms with E-state index < -0.39 is 0 Å². The number of hydrogen-bond acceptors (Lipinski definition) is 4. The van der Waals surface area contributed by atoms with Crippen LogP contribution >= 0.6 is 0 Å². The zero-order chi connectivity index (χ0) is 9.94. The molecule has 13 heavy (non-hydrogen) atoms. The molecular weight excluding hydrogens is 170 g/mol. The summed E-state index contributed by atoms with van der Waals surface area (Å²) < 4.78 is 5.13. The third-order valence-corrected chi connectivity index (χ3v) is 1.74. The van der Waals surface area contributed by atoms with Crippen molar-refractivity contribution in [2.24, 2.45) is 0 Å². The molecule has 0 radical (unpaired) electrons. The lowest BCUT2D eigenvalue weighted by Gasteiger charge is -2.19. The Hall–Kier alpha value is -0.160. The number of nitrogens with zero attached hydrogens (tertiary/aromatic N) is 1. The van der Waals surface area contributed by atoms with Crippen molar-refractivity contribution < 1.29 is 14.9 Å². The normalized spacial score (nSPS) is 11.1. The molecule has 0 bridgehead atoms. The summed E-state index contributed by atoms with van der Waals surface area (Å²) in [5, 5.41) is 17.2. The summed E-state index contributed by atoms with van der Waals surface area (Å²) in [4.78, 5) is 2.15. The van der Waals surface area contributed by atoms with Crippen LogP contribution in [0.25, 0.3) is 0 Å². The molecule has 80 valence electrons. The van der Waals surface area contributed by atoms with E-state index in [0.717, 1.165) is 19.5 Å². The van der Waals surface area contributed by atoms with E-state index in [1.165, 1.54) is 0 Å². The second-order valence-corrected chi connectivity index (χ2v) is 2.90. The molecule has 0 aliphatic carbocycles. The predicted octanol–water partition coefficient (Wildman–Crippen LogP) is -0.300. The molecule has 0 rings (SSSR count). The van der Waals surface area contributed by atoms with Gasteiger partial charge in [-0.1, -0.05) is 6.92 Å². The number of hydrogen-bond donors (Lipinski definition) is 2. The fourth-order valence-corrected chi connectivity index (χ4v) is 1.15. The highest BCUT2D eigenvalue weighted by atomic mass is 16.5. The van der Waals surface area contributed by atoms with Crippen molar-refractivity contribution >= 4 is 0 Å². The summed E-state index contributed by atoms with van der Waals surface area (Å²) in [5.74, 6) is 0. The molecule has 0 aromatic carbocycles. The van der Waals surface area contributed by atoms with Crippen molar-refractivity contribution in [3.8, 4) is 0 Å². The lowest BCUT2D eigenvalue weighted by atomic mass is 10.4. The molecule has 0 aliphatic rings. The topological polar surface area (TPSA) is 52.9 Å². The van der Waals surface area contributed by atoms with Gasteiger partial charge in [0.05, 0.1) is 26.4 Å². The van der Waals surface area contributed by atoms with Crippen LogP contribution in [0.2, 0.25) is 0 Å². The van der Waals surface area contributed by atoms with Gasteiger partial charge in [0.15, 0.2) is 0 Å². The molecule has 0 aromatic heterocycles. The van der Waals surface area contributed by atoms with Crippen LogP contribution in [0.1, 0.15) is 13.3 Å². The lowest BCUT2D eigenvalue weighted by Crippen LogP contribution is -2.31. The molecule has 0 aliphatic heterocycles. The maximum atomic E-state index is 8.74. The van der Waals surface area contributed by atoms with Gasteiger partial charge in [-0.3, -0.25) is 4.90 Å². The van der Waals surface area contributed by atoms with E-state index in [-0.39, 0.29) is 13.2 Å². The van der Waals surface area contributed by atoms with Gasteiger partial charge in [-0.15, -0.1) is 0 Å². The maximum Gasteiger partial charge on any atom is 0.0698 e. The minimum Gasteiger partial charge on any atom is -0.395 e. The Kier molecular flexibility index (Phi) is 9.80. The minimum atomic E-state index is 0.0772. The molecule has 0 fully saturated rings. The summed E-state index contributed by atoms with van der Waals surface area (Å²) in [7, 11) is 0. The third kappa shape index (κ3) is 8.18. The number of ether oxygens (including phenoxy) is 1. The standard InChI is InChI=1S/C9H21NO3/c1-2-3-10(4-6-11)5-8-13-9-7-12/h11-12H,2-9H2,1H3. The highest BCUT2D eigenvalue weighted by Crippen LogP contribution is 1.90. The third-order valence-electron chi connectivity index (χ3n) is 1.74. The van der Waals surface area contributed by atoms with Crippen molar-refractivity contribution in [1.82, 2.24) is 4.90 Å². The van der Waals surface area contributed by atoms with Crippen molar-refractivity contribution in [3.63, 3.8) is 0 Å². The first-order valence-corrected chi connectivity index (χ1v) is 4.87. The quantitative estimate of drug-likeness (QED) is 0.491. The monoisotopic (exact) mass is 191 g/mol. The summed E-state index contributed by atoms with van der Waals surface area (Å²) >= 11 is 0. The molecule has 4 heteroatoms. The van der Waals surface area contributed by atoms with Gasteiger partial charge in [0.1, 0.15) is 0 Å². The first-order chi connectivity index (χ1) is 6.35. The molecule has 0 heterocycles. The van der Waals surface area contributed by atoms with Crippen LogP contribution in [0.3, 0.4) is 0 Å². The molecule has 0 amide bonds. The van der Waals surface area contributed by atoms with Gasteiger partial charge in [-0.05, 0) is 13.0 Å². The second-order valence-electron chi connectivity index (χ2n) is 2.90. The Labute approximate surface area is 80.1 Å². The summed E-state index contributed by atoms with van der Waals surface area (Å²) in [5.41, 5.74) is 0. The molecule has 0 aromatic rings. The van der Waals surface area contributed by atoms with Gasteiger partial charge in [0.2, 0.25) is 0 Å². The van der Waals surface area contributed by atoms with E-state index in [1.807, 2.05) is 0 Å². The molecule has 0 spiro atoms. The zero-order valence-corrected chi connectivity index (χ0v) is 8.41. The number of aliphatic hydroxyl groups is 2. The molecular formula is C9H21NO3. The summed E-state index contributed by atoms with van der Waals surface area (Å²) in [6.07, 6.45) is 1.08. The number of rotatable bonds is 9. The van der Waals surface area contributed by atoms with Gasteiger partial charge in [-0.25, -0.2) is 0 Å². The molecule has 0 saturated carbocycles. The summed E-state index contributed by atoms with van der Waals surface area (Å²) in [6.45, 7) is 5.93. The Morgan fingerprint density at radius 2 is 1.77 bits per heavy atom. The van der Waals surface area contributed by atoms with Crippen LogP contribution in [0.5, 0.6) is 0 Å². The van der Waals surface area contributed by atoms with E-state index in [2.05, 4.69) is 11.8 Å². The SMILES string of the molecule is CCCN(CCO)CCOCCO. The van der Waals surface area contributed by atoms with Crippen molar-refractivity contribution in [3.05, 3.63) is 0 Å². The van der Waals surface area contributed by atoms with Crippen molar-refractivity contribution in [2.75, 3.05) is 46.1 Å². The molecule has 0 saturated heterocycles. The Morgan fingerprint density at radius 1 is 1.00 bits per heavy atom. The fourth-order valence-electron chi connectivity index (χ4n) is 1.15. The predicted molar refractivity (Wildman–Crippen MR) is 51.7 cm³/mol. The first-order valence-electron chi connectivity index (χ1n) is 4.87. The van der Waals surface area contributed by atoms with Crippen molar-refractivity contribution in [2.45, 2.75) is 13.3 Å². The Bertz CT molecular complexity index is 94.9. The van der Waals surface area contributed by atoms with Gasteiger partial charge >= 0.3 is 0 Å². The summed E-state index contributed by atoms with van der Waals surface area (Å²) in [6, 6.07) is 0. The molecule has 0 unspecified atom stereocenters. The van der Waals surface area contributed by atoms with Gasteiger partial charge in [0, 0.05) is 13.1 Å². The molecule has 2 N–H and O–H groups in total. The first kappa shape index (κ1) is 12.8. The minimum absolute atomic E-state index is 0.0772. The van der Waals surface area contributed by atoms with E-state index >= 15 is 0 Å². The average Bonchev–Trinajstić information content (AvgIpc) is 2.13. The zero-order valence-electron chi connectivity index (χ0n) is 8.41. The smallest absolute Gasteiger partial charge is 0.0698 e. The Morgan fingerprint density at radius 3 is 2.31 bits per heavy atom. The van der Waals surface area contributed by atoms with Crippen LogP contribution < -0.4 is 0 Å². The van der Waals surface area contributed by atoms with Crippen LogP contribution in [0.15, 0.2) is 0 Å². The Balaban J connectivity index is 3.33. The van der Waals surface area contributed by atoms with Gasteiger partial charge < -0.3 is 14.9 Å². The van der Waals surface area contributed by atoms with Crippen LogP contribution in [-0.4, -0.2) is 61.2 Å². The number of aliphatic hydroxyl groups excluding tert-OH is 2. The highest BCUT2D eigenvalue weighted by molar-refractivity contribution is 4.55. The van der Waals surface area contributed by atoms with E-state index in [9.17, 15) is 0 Å². The molecule has 4 nitrogen and oxygen atoms in total. The van der Waals surface area contributed by atoms with Crippen LogP contribution in [0, 0.1) is 0 Å². The maximum absolute atomic E-state index is 8.74. The highest BCUT2D eigenvalue weighted by Gasteiger charge is 2.01. The van der Waals surface area contributed by atoms with Crippen LogP contribution in [-0.2, 0) is 4.74 Å². The largest absolute Gasteiger partial charge is 0.395 e. The van der Waals surface area contributed by atoms with Crippen molar-refractivity contribution in [1.29, 1.82) is 0 Å². The van der Waals surface area contributed by atoms with E-state index in [4.69, 9.17) is 14.9 Å². The average molecular weight is 191 g/mol.